The van der Waals surface area contributed by atoms with Gasteiger partial charge >= 0.3 is 0 Å². The van der Waals surface area contributed by atoms with Gasteiger partial charge in [0.05, 0.1) is 13.2 Å². The number of nitrogens with zero attached hydrogens (tertiary/aromatic N) is 1. The fraction of sp³-hybridized carbons (Fsp3) is 0.611. The molecular weight excluding hydrogens is 292 g/mol. The van der Waals surface area contributed by atoms with Crippen molar-refractivity contribution < 1.29 is 14.3 Å². The predicted molar refractivity (Wildman–Crippen MR) is 91.3 cm³/mol. The standard InChI is InChI=1S/C18H28N2O3/c1-13(2)23-16-6-5-15(11-17(16)22-4)18(21)20-9-7-14(8-10-20)12-19-3/h5-6,11,13-14,19H,7-10,12H2,1-4H3. The maximum absolute atomic E-state index is 12.7. The van der Waals surface area contributed by atoms with Gasteiger partial charge in [0.25, 0.3) is 5.91 Å². The van der Waals surface area contributed by atoms with Crippen molar-refractivity contribution in [3.05, 3.63) is 23.8 Å². The first-order chi connectivity index (χ1) is 11.0. The molecule has 128 valence electrons. The summed E-state index contributed by atoms with van der Waals surface area (Å²) >= 11 is 0. The Bertz CT molecular complexity index is 523. The number of carbonyl (C=O) groups is 1. The fourth-order valence-corrected chi connectivity index (χ4v) is 2.96. The van der Waals surface area contributed by atoms with Crippen molar-refractivity contribution in [2.24, 2.45) is 5.92 Å². The smallest absolute Gasteiger partial charge is 0.253 e. The number of nitrogens with one attached hydrogen (secondary N) is 1. The van der Waals surface area contributed by atoms with Gasteiger partial charge in [0.15, 0.2) is 11.5 Å². The Morgan fingerprint density at radius 3 is 2.57 bits per heavy atom. The van der Waals surface area contributed by atoms with Crippen molar-refractivity contribution in [1.82, 2.24) is 10.2 Å². The van der Waals surface area contributed by atoms with Crippen LogP contribution in [0.15, 0.2) is 18.2 Å². The van der Waals surface area contributed by atoms with Gasteiger partial charge in [-0.25, -0.2) is 0 Å². The number of amides is 1. The average Bonchev–Trinajstić information content (AvgIpc) is 2.55. The summed E-state index contributed by atoms with van der Waals surface area (Å²) in [5.74, 6) is 2.02. The molecule has 0 bridgehead atoms. The van der Waals surface area contributed by atoms with Crippen LogP contribution in [0.2, 0.25) is 0 Å². The summed E-state index contributed by atoms with van der Waals surface area (Å²) in [6.07, 6.45) is 2.17. The zero-order valence-corrected chi connectivity index (χ0v) is 14.6. The molecule has 0 radical (unpaired) electrons. The molecule has 5 heteroatoms. The lowest BCUT2D eigenvalue weighted by atomic mass is 9.96. The topological polar surface area (TPSA) is 50.8 Å². The highest BCUT2D eigenvalue weighted by Gasteiger charge is 2.24. The third-order valence-electron chi connectivity index (χ3n) is 4.17. The molecule has 5 nitrogen and oxygen atoms in total. The Morgan fingerprint density at radius 1 is 1.30 bits per heavy atom. The van der Waals surface area contributed by atoms with Crippen molar-refractivity contribution in [3.63, 3.8) is 0 Å². The predicted octanol–water partition coefficient (Wildman–Crippen LogP) is 2.55. The van der Waals surface area contributed by atoms with Gasteiger partial charge < -0.3 is 19.7 Å². The van der Waals surface area contributed by atoms with Gasteiger partial charge in [-0.2, -0.15) is 0 Å². The minimum atomic E-state index is 0.0663. The molecule has 23 heavy (non-hydrogen) atoms. The van der Waals surface area contributed by atoms with Gasteiger partial charge in [0.1, 0.15) is 0 Å². The van der Waals surface area contributed by atoms with E-state index < -0.39 is 0 Å². The molecule has 1 N–H and O–H groups in total. The first-order valence-corrected chi connectivity index (χ1v) is 8.33. The van der Waals surface area contributed by atoms with E-state index in [4.69, 9.17) is 9.47 Å². The summed E-state index contributed by atoms with van der Waals surface area (Å²) < 4.78 is 11.1. The minimum absolute atomic E-state index is 0.0663. The number of methoxy groups -OCH3 is 1. The van der Waals surface area contributed by atoms with Crippen LogP contribution in [-0.2, 0) is 0 Å². The lowest BCUT2D eigenvalue weighted by Crippen LogP contribution is -2.40. The number of hydrogen-bond donors (Lipinski definition) is 1. The SMILES string of the molecule is CNCC1CCN(C(=O)c2ccc(OC(C)C)c(OC)c2)CC1. The number of likely N-dealkylation sites (tertiary alicyclic amines) is 1. The molecule has 0 aliphatic carbocycles. The normalized spacial score (nSPS) is 15.8. The van der Waals surface area contributed by atoms with E-state index in [2.05, 4.69) is 5.32 Å². The zero-order chi connectivity index (χ0) is 16.8. The minimum Gasteiger partial charge on any atom is -0.493 e. The highest BCUT2D eigenvalue weighted by Crippen LogP contribution is 2.30. The third kappa shape index (κ3) is 4.61. The van der Waals surface area contributed by atoms with Gasteiger partial charge in [-0.1, -0.05) is 0 Å². The number of hydrogen-bond acceptors (Lipinski definition) is 4. The maximum atomic E-state index is 12.7. The van der Waals surface area contributed by atoms with Crippen LogP contribution in [0.5, 0.6) is 11.5 Å². The highest BCUT2D eigenvalue weighted by atomic mass is 16.5. The van der Waals surface area contributed by atoms with E-state index in [1.165, 1.54) is 0 Å². The molecule has 0 spiro atoms. The van der Waals surface area contributed by atoms with Crippen LogP contribution >= 0.6 is 0 Å². The van der Waals surface area contributed by atoms with Crippen molar-refractivity contribution >= 4 is 5.91 Å². The van der Waals surface area contributed by atoms with Crippen molar-refractivity contribution in [2.75, 3.05) is 33.8 Å². The summed E-state index contributed by atoms with van der Waals surface area (Å²) in [5, 5.41) is 3.22. The third-order valence-corrected chi connectivity index (χ3v) is 4.17. The van der Waals surface area contributed by atoms with Gasteiger partial charge in [0.2, 0.25) is 0 Å². The largest absolute Gasteiger partial charge is 0.493 e. The maximum Gasteiger partial charge on any atom is 0.253 e. The van der Waals surface area contributed by atoms with Crippen molar-refractivity contribution in [2.45, 2.75) is 32.8 Å². The van der Waals surface area contributed by atoms with E-state index in [-0.39, 0.29) is 12.0 Å². The van der Waals surface area contributed by atoms with Crippen LogP contribution in [0.3, 0.4) is 0 Å². The molecule has 1 saturated heterocycles. The molecular formula is C18H28N2O3. The number of benzene rings is 1. The van der Waals surface area contributed by atoms with Gasteiger partial charge in [0, 0.05) is 18.7 Å². The van der Waals surface area contributed by atoms with Crippen LogP contribution in [0, 0.1) is 5.92 Å². The molecule has 1 aliphatic heterocycles. The van der Waals surface area contributed by atoms with Crippen LogP contribution in [0.1, 0.15) is 37.0 Å². The molecule has 0 unspecified atom stereocenters. The van der Waals surface area contributed by atoms with E-state index >= 15 is 0 Å². The molecule has 1 aliphatic rings. The highest BCUT2D eigenvalue weighted by molar-refractivity contribution is 5.95. The fourth-order valence-electron chi connectivity index (χ4n) is 2.96. The number of piperidine rings is 1. The molecule has 1 amide bonds. The lowest BCUT2D eigenvalue weighted by Gasteiger charge is -2.32. The van der Waals surface area contributed by atoms with Crippen LogP contribution in [-0.4, -0.2) is 50.7 Å². The molecule has 1 heterocycles. The van der Waals surface area contributed by atoms with Crippen molar-refractivity contribution in [1.29, 1.82) is 0 Å². The number of ether oxygens (including phenoxy) is 2. The Labute approximate surface area is 139 Å². The summed E-state index contributed by atoms with van der Waals surface area (Å²) in [4.78, 5) is 14.6. The summed E-state index contributed by atoms with van der Waals surface area (Å²) in [5.41, 5.74) is 0.657. The van der Waals surface area contributed by atoms with E-state index in [9.17, 15) is 4.79 Å². The second kappa shape index (κ2) is 8.20. The van der Waals surface area contributed by atoms with Gasteiger partial charge in [-0.05, 0) is 64.4 Å². The number of carbonyl (C=O) groups excluding carboxylic acids is 1. The monoisotopic (exact) mass is 320 g/mol. The van der Waals surface area contributed by atoms with E-state index in [1.807, 2.05) is 37.9 Å². The molecule has 0 saturated carbocycles. The first kappa shape index (κ1) is 17.6. The Hall–Kier alpha value is -1.75. The summed E-state index contributed by atoms with van der Waals surface area (Å²) in [7, 11) is 3.57. The zero-order valence-electron chi connectivity index (χ0n) is 14.6. The summed E-state index contributed by atoms with van der Waals surface area (Å²) in [6, 6.07) is 5.42. The van der Waals surface area contributed by atoms with Crippen molar-refractivity contribution in [3.8, 4) is 11.5 Å². The lowest BCUT2D eigenvalue weighted by molar-refractivity contribution is 0.0690. The molecule has 0 atom stereocenters. The molecule has 1 fully saturated rings. The van der Waals surface area contributed by atoms with Crippen LogP contribution < -0.4 is 14.8 Å². The average molecular weight is 320 g/mol. The molecule has 2 rings (SSSR count). The Kier molecular flexibility index (Phi) is 6.28. The van der Waals surface area contributed by atoms with E-state index in [0.717, 1.165) is 32.5 Å². The number of rotatable bonds is 6. The van der Waals surface area contributed by atoms with Crippen LogP contribution in [0.4, 0.5) is 0 Å². The molecule has 1 aromatic carbocycles. The molecule has 0 aromatic heterocycles. The van der Waals surface area contributed by atoms with E-state index in [1.54, 1.807) is 13.2 Å². The first-order valence-electron chi connectivity index (χ1n) is 8.33. The van der Waals surface area contributed by atoms with E-state index in [0.29, 0.717) is 23.0 Å². The second-order valence-electron chi connectivity index (χ2n) is 6.33. The Morgan fingerprint density at radius 2 is 2.00 bits per heavy atom. The summed E-state index contributed by atoms with van der Waals surface area (Å²) in [6.45, 7) is 6.59. The molecule has 1 aromatic rings. The second-order valence-corrected chi connectivity index (χ2v) is 6.33. The van der Waals surface area contributed by atoms with Crippen LogP contribution in [0.25, 0.3) is 0 Å². The quantitative estimate of drug-likeness (QED) is 0.875. The van der Waals surface area contributed by atoms with Gasteiger partial charge in [-0.3, -0.25) is 4.79 Å². The Balaban J connectivity index is 2.05. The van der Waals surface area contributed by atoms with Gasteiger partial charge in [-0.15, -0.1) is 0 Å².